The molecule has 3 rings (SSSR count). The van der Waals surface area contributed by atoms with Gasteiger partial charge < -0.3 is 20.1 Å². The Kier molecular flexibility index (Phi) is 9.22. The van der Waals surface area contributed by atoms with E-state index in [0.717, 1.165) is 49.2 Å². The smallest absolute Gasteiger partial charge is 0.161 e. The summed E-state index contributed by atoms with van der Waals surface area (Å²) in [5, 5.41) is 7.68. The number of methoxy groups -OCH3 is 1. The first-order chi connectivity index (χ1) is 12.8. The second kappa shape index (κ2) is 11.4. The molecule has 148 valence electrons. The van der Waals surface area contributed by atoms with Crippen LogP contribution in [-0.4, -0.2) is 26.7 Å². The van der Waals surface area contributed by atoms with E-state index in [4.69, 9.17) is 21.1 Å². The number of hydrogen-bond donors (Lipinski definition) is 2. The third kappa shape index (κ3) is 6.58. The molecule has 0 aliphatic carbocycles. The van der Waals surface area contributed by atoms with Crippen LogP contribution in [0.5, 0.6) is 11.5 Å². The number of rotatable bonds is 8. The van der Waals surface area contributed by atoms with Crippen molar-refractivity contribution < 1.29 is 9.47 Å². The maximum absolute atomic E-state index is 6.19. The van der Waals surface area contributed by atoms with Crippen LogP contribution in [0.3, 0.4) is 0 Å². The van der Waals surface area contributed by atoms with Crippen molar-refractivity contribution >= 4 is 24.0 Å². The Morgan fingerprint density at radius 2 is 1.89 bits per heavy atom. The van der Waals surface area contributed by atoms with Crippen LogP contribution in [0.15, 0.2) is 42.5 Å². The van der Waals surface area contributed by atoms with Gasteiger partial charge in [0.2, 0.25) is 0 Å². The Labute approximate surface area is 173 Å². The highest BCUT2D eigenvalue weighted by Gasteiger charge is 2.12. The van der Waals surface area contributed by atoms with Crippen LogP contribution in [-0.2, 0) is 13.2 Å². The molecule has 4 nitrogen and oxygen atoms in total. The molecular formula is C21H28Cl2N2O2. The number of hydrogen-bond acceptors (Lipinski definition) is 4. The Morgan fingerprint density at radius 1 is 1.11 bits per heavy atom. The van der Waals surface area contributed by atoms with Gasteiger partial charge in [-0.15, -0.1) is 12.4 Å². The lowest BCUT2D eigenvalue weighted by Gasteiger charge is -2.23. The molecule has 0 atom stereocenters. The Bertz CT molecular complexity index is 706. The molecule has 0 radical (unpaired) electrons. The summed E-state index contributed by atoms with van der Waals surface area (Å²) >= 11 is 6.19. The van der Waals surface area contributed by atoms with Crippen molar-refractivity contribution in [3.63, 3.8) is 0 Å². The molecule has 0 spiro atoms. The highest BCUT2D eigenvalue weighted by molar-refractivity contribution is 6.31. The molecule has 1 aliphatic heterocycles. The van der Waals surface area contributed by atoms with Crippen molar-refractivity contribution in [2.24, 2.45) is 5.92 Å². The van der Waals surface area contributed by atoms with E-state index in [-0.39, 0.29) is 12.4 Å². The van der Waals surface area contributed by atoms with Gasteiger partial charge in [-0.25, -0.2) is 0 Å². The number of halogens is 2. The Balaban J connectivity index is 0.00000261. The molecule has 1 heterocycles. The summed E-state index contributed by atoms with van der Waals surface area (Å²) in [5.74, 6) is 2.25. The summed E-state index contributed by atoms with van der Waals surface area (Å²) in [6, 6.07) is 13.8. The van der Waals surface area contributed by atoms with E-state index < -0.39 is 0 Å². The minimum Gasteiger partial charge on any atom is -0.493 e. The van der Waals surface area contributed by atoms with E-state index >= 15 is 0 Å². The molecule has 1 aliphatic rings. The second-order valence-corrected chi connectivity index (χ2v) is 7.10. The van der Waals surface area contributed by atoms with Gasteiger partial charge in [-0.1, -0.05) is 35.9 Å². The average molecular weight is 411 g/mol. The standard InChI is InChI=1S/C21H27ClN2O2.ClH/c1-25-21-12-17(14-24-13-16-8-10-23-11-9-16)6-7-20(21)26-15-18-4-2-3-5-19(18)22;/h2-7,12,16,23-24H,8-11,13-15H2,1H3;1H. The van der Waals surface area contributed by atoms with Gasteiger partial charge in [0.25, 0.3) is 0 Å². The molecule has 0 amide bonds. The predicted molar refractivity (Wildman–Crippen MR) is 113 cm³/mol. The first-order valence-electron chi connectivity index (χ1n) is 9.21. The number of benzene rings is 2. The van der Waals surface area contributed by atoms with Crippen molar-refractivity contribution in [3.8, 4) is 11.5 Å². The van der Waals surface area contributed by atoms with Crippen molar-refractivity contribution in [2.45, 2.75) is 26.0 Å². The number of piperidine rings is 1. The first kappa shape index (κ1) is 21.8. The van der Waals surface area contributed by atoms with Gasteiger partial charge in [0.05, 0.1) is 7.11 Å². The van der Waals surface area contributed by atoms with Gasteiger partial charge in [-0.05, 0) is 62.2 Å². The van der Waals surface area contributed by atoms with Gasteiger partial charge in [0, 0.05) is 17.1 Å². The zero-order valence-electron chi connectivity index (χ0n) is 15.7. The topological polar surface area (TPSA) is 42.5 Å². The fourth-order valence-corrected chi connectivity index (χ4v) is 3.41. The largest absolute Gasteiger partial charge is 0.493 e. The van der Waals surface area contributed by atoms with Crippen molar-refractivity contribution in [3.05, 3.63) is 58.6 Å². The minimum atomic E-state index is 0. The van der Waals surface area contributed by atoms with Gasteiger partial charge in [0.1, 0.15) is 6.61 Å². The van der Waals surface area contributed by atoms with Crippen LogP contribution in [0, 0.1) is 5.92 Å². The molecule has 2 N–H and O–H groups in total. The normalized spacial score (nSPS) is 14.4. The highest BCUT2D eigenvalue weighted by Crippen LogP contribution is 2.29. The van der Waals surface area contributed by atoms with E-state index in [0.29, 0.717) is 11.6 Å². The number of nitrogens with one attached hydrogen (secondary N) is 2. The number of ether oxygens (including phenoxy) is 2. The molecule has 6 heteroatoms. The van der Waals surface area contributed by atoms with E-state index in [2.05, 4.69) is 16.7 Å². The molecule has 2 aromatic carbocycles. The minimum absolute atomic E-state index is 0. The summed E-state index contributed by atoms with van der Waals surface area (Å²) in [6.07, 6.45) is 2.51. The Morgan fingerprint density at radius 3 is 2.63 bits per heavy atom. The van der Waals surface area contributed by atoms with Crippen LogP contribution in [0.2, 0.25) is 5.02 Å². The van der Waals surface area contributed by atoms with Crippen LogP contribution < -0.4 is 20.1 Å². The van der Waals surface area contributed by atoms with Crippen molar-refractivity contribution in [1.82, 2.24) is 10.6 Å². The van der Waals surface area contributed by atoms with E-state index in [1.807, 2.05) is 36.4 Å². The molecule has 1 fully saturated rings. The molecule has 27 heavy (non-hydrogen) atoms. The lowest BCUT2D eigenvalue weighted by Crippen LogP contribution is -2.33. The summed E-state index contributed by atoms with van der Waals surface area (Å²) in [7, 11) is 1.67. The lowest BCUT2D eigenvalue weighted by atomic mass is 9.98. The predicted octanol–water partition coefficient (Wildman–Crippen LogP) is 4.44. The molecule has 0 aromatic heterocycles. The quantitative estimate of drug-likeness (QED) is 0.674. The third-order valence-corrected chi connectivity index (χ3v) is 5.16. The van der Waals surface area contributed by atoms with Crippen LogP contribution in [0.25, 0.3) is 0 Å². The van der Waals surface area contributed by atoms with Gasteiger partial charge in [-0.2, -0.15) is 0 Å². The zero-order chi connectivity index (χ0) is 18.2. The summed E-state index contributed by atoms with van der Waals surface area (Å²) in [5.41, 5.74) is 2.16. The monoisotopic (exact) mass is 410 g/mol. The van der Waals surface area contributed by atoms with Crippen molar-refractivity contribution in [1.29, 1.82) is 0 Å². The van der Waals surface area contributed by atoms with Crippen LogP contribution in [0.4, 0.5) is 0 Å². The molecular weight excluding hydrogens is 383 g/mol. The van der Waals surface area contributed by atoms with E-state index in [1.54, 1.807) is 7.11 Å². The Hall–Kier alpha value is -1.46. The highest BCUT2D eigenvalue weighted by atomic mass is 35.5. The van der Waals surface area contributed by atoms with Crippen LogP contribution in [0.1, 0.15) is 24.0 Å². The van der Waals surface area contributed by atoms with E-state index in [9.17, 15) is 0 Å². The second-order valence-electron chi connectivity index (χ2n) is 6.69. The average Bonchev–Trinajstić information content (AvgIpc) is 2.68. The molecule has 0 saturated carbocycles. The lowest BCUT2D eigenvalue weighted by molar-refractivity contribution is 0.284. The van der Waals surface area contributed by atoms with Gasteiger partial charge in [0.15, 0.2) is 11.5 Å². The molecule has 0 unspecified atom stereocenters. The summed E-state index contributed by atoms with van der Waals surface area (Å²) in [4.78, 5) is 0. The zero-order valence-corrected chi connectivity index (χ0v) is 17.2. The fourth-order valence-electron chi connectivity index (χ4n) is 3.22. The van der Waals surface area contributed by atoms with Crippen LogP contribution >= 0.6 is 24.0 Å². The van der Waals surface area contributed by atoms with Gasteiger partial charge in [-0.3, -0.25) is 0 Å². The SMILES string of the molecule is COc1cc(CNCC2CCNCC2)ccc1OCc1ccccc1Cl.Cl. The maximum Gasteiger partial charge on any atom is 0.161 e. The van der Waals surface area contributed by atoms with Gasteiger partial charge >= 0.3 is 0 Å². The maximum atomic E-state index is 6.19. The van der Waals surface area contributed by atoms with E-state index in [1.165, 1.54) is 18.4 Å². The third-order valence-electron chi connectivity index (χ3n) is 4.79. The summed E-state index contributed by atoms with van der Waals surface area (Å²) < 4.78 is 11.4. The fraction of sp³-hybridized carbons (Fsp3) is 0.429. The first-order valence-corrected chi connectivity index (χ1v) is 9.58. The summed E-state index contributed by atoms with van der Waals surface area (Å²) in [6.45, 7) is 4.60. The molecule has 2 aromatic rings. The molecule has 1 saturated heterocycles. The molecule has 0 bridgehead atoms. The van der Waals surface area contributed by atoms with Crippen molar-refractivity contribution in [2.75, 3.05) is 26.7 Å².